The summed E-state index contributed by atoms with van der Waals surface area (Å²) in [7, 11) is -3.90. The quantitative estimate of drug-likeness (QED) is 0.765. The summed E-state index contributed by atoms with van der Waals surface area (Å²) in [5.74, 6) is -0.774. The summed E-state index contributed by atoms with van der Waals surface area (Å²) in [6.45, 7) is 3.31. The number of hydrogen-bond acceptors (Lipinski definition) is 4. The molecule has 1 fully saturated rings. The van der Waals surface area contributed by atoms with Crippen molar-refractivity contribution in [2.24, 2.45) is 0 Å². The van der Waals surface area contributed by atoms with Gasteiger partial charge in [0.25, 0.3) is 0 Å². The molecule has 2 heterocycles. The van der Waals surface area contributed by atoms with Crippen LogP contribution in [0, 0.1) is 5.82 Å². The van der Waals surface area contributed by atoms with Gasteiger partial charge in [0, 0.05) is 37.9 Å². The largest absolute Gasteiger partial charge is 0.359 e. The van der Waals surface area contributed by atoms with Gasteiger partial charge in [0.2, 0.25) is 15.9 Å². The summed E-state index contributed by atoms with van der Waals surface area (Å²) in [5.41, 5.74) is 2.34. The van der Waals surface area contributed by atoms with Crippen LogP contribution in [-0.4, -0.2) is 62.3 Å². The summed E-state index contributed by atoms with van der Waals surface area (Å²) < 4.78 is 40.6. The van der Waals surface area contributed by atoms with Gasteiger partial charge in [0.15, 0.2) is 0 Å². The lowest BCUT2D eigenvalue weighted by atomic mass is 10.1. The number of benzene rings is 2. The fraction of sp³-hybridized carbons (Fsp3) is 0.381. The minimum Gasteiger partial charge on any atom is -0.359 e. The Morgan fingerprint density at radius 1 is 1.03 bits per heavy atom. The molecule has 0 radical (unpaired) electrons. The number of anilines is 1. The third kappa shape index (κ3) is 3.74. The molecule has 154 valence electrons. The highest BCUT2D eigenvalue weighted by molar-refractivity contribution is 7.89. The molecular formula is C21H24FN3O3S. The SMILES string of the molecule is CC1Cc2ccccc2N1CC(=O)N1CCN(S(=O)(=O)c2ccccc2F)CC1. The molecule has 0 bridgehead atoms. The van der Waals surface area contributed by atoms with Crippen LogP contribution in [0.1, 0.15) is 12.5 Å². The fourth-order valence-corrected chi connectivity index (χ4v) is 5.57. The van der Waals surface area contributed by atoms with E-state index in [1.165, 1.54) is 28.1 Å². The van der Waals surface area contributed by atoms with Gasteiger partial charge in [-0.25, -0.2) is 12.8 Å². The van der Waals surface area contributed by atoms with Gasteiger partial charge in [-0.2, -0.15) is 4.31 Å². The van der Waals surface area contributed by atoms with Crippen LogP contribution in [0.4, 0.5) is 10.1 Å². The number of halogens is 1. The highest BCUT2D eigenvalue weighted by Gasteiger charge is 2.33. The molecule has 2 aromatic carbocycles. The van der Waals surface area contributed by atoms with Crippen molar-refractivity contribution < 1.29 is 17.6 Å². The van der Waals surface area contributed by atoms with E-state index >= 15 is 0 Å². The molecule has 4 rings (SSSR count). The topological polar surface area (TPSA) is 60.9 Å². The number of nitrogens with zero attached hydrogens (tertiary/aromatic N) is 3. The average molecular weight is 418 g/mol. The van der Waals surface area contributed by atoms with Gasteiger partial charge < -0.3 is 9.80 Å². The average Bonchev–Trinajstić information content (AvgIpc) is 3.03. The molecule has 8 heteroatoms. The predicted molar refractivity (Wildman–Crippen MR) is 109 cm³/mol. The zero-order chi connectivity index (χ0) is 20.6. The zero-order valence-electron chi connectivity index (χ0n) is 16.3. The summed E-state index contributed by atoms with van der Waals surface area (Å²) in [5, 5.41) is 0. The first-order valence-electron chi connectivity index (χ1n) is 9.75. The Kier molecular flexibility index (Phi) is 5.31. The lowest BCUT2D eigenvalue weighted by molar-refractivity contribution is -0.130. The van der Waals surface area contributed by atoms with E-state index in [-0.39, 0.29) is 36.5 Å². The van der Waals surface area contributed by atoms with Gasteiger partial charge in [-0.1, -0.05) is 30.3 Å². The zero-order valence-corrected chi connectivity index (χ0v) is 17.1. The first-order valence-corrected chi connectivity index (χ1v) is 11.2. The Morgan fingerprint density at radius 3 is 2.41 bits per heavy atom. The summed E-state index contributed by atoms with van der Waals surface area (Å²) >= 11 is 0. The van der Waals surface area contributed by atoms with Gasteiger partial charge in [0.1, 0.15) is 10.7 Å². The van der Waals surface area contributed by atoms with Crippen molar-refractivity contribution in [3.63, 3.8) is 0 Å². The molecule has 0 N–H and O–H groups in total. The molecule has 1 unspecified atom stereocenters. The number of fused-ring (bicyclic) bond motifs is 1. The molecule has 2 aliphatic heterocycles. The summed E-state index contributed by atoms with van der Waals surface area (Å²) in [6, 6.07) is 13.7. The Labute approximate surface area is 170 Å². The second-order valence-electron chi connectivity index (χ2n) is 7.53. The van der Waals surface area contributed by atoms with E-state index in [0.29, 0.717) is 13.1 Å². The highest BCUT2D eigenvalue weighted by Crippen LogP contribution is 2.31. The van der Waals surface area contributed by atoms with Crippen molar-refractivity contribution >= 4 is 21.6 Å². The Morgan fingerprint density at radius 2 is 1.69 bits per heavy atom. The van der Waals surface area contributed by atoms with Crippen LogP contribution in [0.15, 0.2) is 53.4 Å². The lowest BCUT2D eigenvalue weighted by Crippen LogP contribution is -2.53. The number of piperazine rings is 1. The molecule has 0 aromatic heterocycles. The fourth-order valence-electron chi connectivity index (χ4n) is 4.09. The van der Waals surface area contributed by atoms with Gasteiger partial charge >= 0.3 is 0 Å². The Hall–Kier alpha value is -2.45. The number of amides is 1. The number of sulfonamides is 1. The number of carbonyl (C=O) groups excluding carboxylic acids is 1. The molecule has 1 atom stereocenters. The van der Waals surface area contributed by atoms with Crippen molar-refractivity contribution in [1.29, 1.82) is 0 Å². The van der Waals surface area contributed by atoms with Crippen LogP contribution in [0.3, 0.4) is 0 Å². The maximum Gasteiger partial charge on any atom is 0.246 e. The van der Waals surface area contributed by atoms with Crippen molar-refractivity contribution in [2.75, 3.05) is 37.6 Å². The minimum absolute atomic E-state index is 0.0171. The summed E-state index contributed by atoms with van der Waals surface area (Å²) in [4.78, 5) is 16.3. The standard InChI is InChI=1S/C21H24FN3O3S/c1-16-14-17-6-2-4-8-19(17)25(16)15-21(26)23-10-12-24(13-11-23)29(27,28)20-9-5-3-7-18(20)22/h2-9,16H,10-15H2,1H3. The van der Waals surface area contributed by atoms with E-state index in [9.17, 15) is 17.6 Å². The maximum atomic E-state index is 14.0. The number of hydrogen-bond donors (Lipinski definition) is 0. The van der Waals surface area contributed by atoms with Gasteiger partial charge in [-0.15, -0.1) is 0 Å². The second kappa shape index (κ2) is 7.76. The van der Waals surface area contributed by atoms with E-state index < -0.39 is 15.8 Å². The van der Waals surface area contributed by atoms with E-state index in [1.807, 2.05) is 18.2 Å². The normalized spacial score (nSPS) is 20.0. The van der Waals surface area contributed by atoms with E-state index in [1.54, 1.807) is 4.90 Å². The molecule has 0 aliphatic carbocycles. The third-order valence-corrected chi connectivity index (χ3v) is 7.63. The molecule has 6 nitrogen and oxygen atoms in total. The van der Waals surface area contributed by atoms with Crippen LogP contribution in [0.25, 0.3) is 0 Å². The van der Waals surface area contributed by atoms with Gasteiger partial charge in [-0.3, -0.25) is 4.79 Å². The molecule has 0 spiro atoms. The number of carbonyl (C=O) groups is 1. The van der Waals surface area contributed by atoms with E-state index in [2.05, 4.69) is 17.9 Å². The lowest BCUT2D eigenvalue weighted by Gasteiger charge is -2.35. The molecule has 0 saturated carbocycles. The monoisotopic (exact) mass is 417 g/mol. The van der Waals surface area contributed by atoms with Gasteiger partial charge in [0.05, 0.1) is 6.54 Å². The minimum atomic E-state index is -3.90. The second-order valence-corrected chi connectivity index (χ2v) is 9.43. The van der Waals surface area contributed by atoms with E-state index in [4.69, 9.17) is 0 Å². The Bertz CT molecular complexity index is 1020. The van der Waals surface area contributed by atoms with Crippen LogP contribution in [0.5, 0.6) is 0 Å². The predicted octanol–water partition coefficient (Wildman–Crippen LogP) is 2.11. The van der Waals surface area contributed by atoms with Crippen LogP contribution >= 0.6 is 0 Å². The number of para-hydroxylation sites is 1. The Balaban J connectivity index is 1.40. The third-order valence-electron chi connectivity index (χ3n) is 5.70. The van der Waals surface area contributed by atoms with E-state index in [0.717, 1.165) is 18.2 Å². The van der Waals surface area contributed by atoms with Crippen LogP contribution < -0.4 is 4.90 Å². The smallest absolute Gasteiger partial charge is 0.246 e. The first kappa shape index (κ1) is 19.8. The molecular weight excluding hydrogens is 393 g/mol. The van der Waals surface area contributed by atoms with Gasteiger partial charge in [-0.05, 0) is 37.1 Å². The molecule has 2 aliphatic rings. The summed E-state index contributed by atoms with van der Waals surface area (Å²) in [6.07, 6.45) is 0.915. The van der Waals surface area contributed by atoms with Crippen molar-refractivity contribution in [3.8, 4) is 0 Å². The van der Waals surface area contributed by atoms with Crippen LogP contribution in [0.2, 0.25) is 0 Å². The van der Waals surface area contributed by atoms with Crippen molar-refractivity contribution in [1.82, 2.24) is 9.21 Å². The van der Waals surface area contributed by atoms with Crippen LogP contribution in [-0.2, 0) is 21.2 Å². The molecule has 2 aromatic rings. The maximum absolute atomic E-state index is 14.0. The first-order chi connectivity index (χ1) is 13.9. The number of rotatable bonds is 4. The molecule has 1 saturated heterocycles. The molecule has 1 amide bonds. The van der Waals surface area contributed by atoms with Crippen molar-refractivity contribution in [3.05, 3.63) is 59.9 Å². The van der Waals surface area contributed by atoms with Crippen molar-refractivity contribution in [2.45, 2.75) is 24.3 Å². The molecule has 29 heavy (non-hydrogen) atoms. The highest BCUT2D eigenvalue weighted by atomic mass is 32.2.